The molecule has 0 amide bonds. The minimum Gasteiger partial charge on any atom is -0.388 e. The highest BCUT2D eigenvalue weighted by Crippen LogP contribution is 2.15. The number of nitrogens with one attached hydrogen (secondary N) is 2. The Kier molecular flexibility index (Phi) is 4.36. The zero-order chi connectivity index (χ0) is 13.9. The van der Waals surface area contributed by atoms with Crippen LogP contribution >= 0.6 is 0 Å². The molecule has 0 bridgehead atoms. The van der Waals surface area contributed by atoms with Crippen LogP contribution in [0, 0.1) is 17.0 Å². The van der Waals surface area contributed by atoms with Crippen molar-refractivity contribution in [2.24, 2.45) is 5.73 Å². The van der Waals surface area contributed by atoms with Crippen molar-refractivity contribution < 1.29 is 17.2 Å². The van der Waals surface area contributed by atoms with Crippen LogP contribution in [0.15, 0.2) is 23.1 Å². The number of halogens is 2. The number of amidine groups is 1. The van der Waals surface area contributed by atoms with Gasteiger partial charge >= 0.3 is 0 Å². The molecule has 8 heteroatoms. The van der Waals surface area contributed by atoms with E-state index in [1.54, 1.807) is 0 Å². The maximum atomic E-state index is 13.3. The van der Waals surface area contributed by atoms with Gasteiger partial charge in [0.15, 0.2) is 0 Å². The van der Waals surface area contributed by atoms with Crippen LogP contribution in [0.1, 0.15) is 13.3 Å². The van der Waals surface area contributed by atoms with Crippen molar-refractivity contribution in [2.75, 3.05) is 0 Å². The van der Waals surface area contributed by atoms with Gasteiger partial charge in [0.2, 0.25) is 10.0 Å². The van der Waals surface area contributed by atoms with E-state index in [4.69, 9.17) is 11.1 Å². The Morgan fingerprint density at radius 1 is 1.50 bits per heavy atom. The summed E-state index contributed by atoms with van der Waals surface area (Å²) in [5.41, 5.74) is 5.13. The van der Waals surface area contributed by atoms with Crippen molar-refractivity contribution >= 4 is 15.9 Å². The van der Waals surface area contributed by atoms with Crippen molar-refractivity contribution in [3.05, 3.63) is 29.8 Å². The topological polar surface area (TPSA) is 96.0 Å². The van der Waals surface area contributed by atoms with Gasteiger partial charge in [-0.25, -0.2) is 21.9 Å². The molecule has 0 fully saturated rings. The fraction of sp³-hybridized carbons (Fsp3) is 0.300. The fourth-order valence-corrected chi connectivity index (χ4v) is 2.70. The summed E-state index contributed by atoms with van der Waals surface area (Å²) < 4.78 is 51.7. The second-order valence-electron chi connectivity index (χ2n) is 3.83. The number of hydrogen-bond acceptors (Lipinski definition) is 3. The molecule has 0 saturated heterocycles. The third-order valence-corrected chi connectivity index (χ3v) is 3.69. The summed E-state index contributed by atoms with van der Waals surface area (Å²) >= 11 is 0. The molecule has 100 valence electrons. The second-order valence-corrected chi connectivity index (χ2v) is 5.51. The number of nitrogens with two attached hydrogens (primary N) is 1. The van der Waals surface area contributed by atoms with Gasteiger partial charge in [0.1, 0.15) is 16.5 Å². The standard InChI is InChI=1S/C10H13F2N3O2S/c1-6(4-10(13)14)15-18(16,17)9-3-2-7(11)5-8(9)12/h2-3,5-6,15H,4H2,1H3,(H3,13,14). The van der Waals surface area contributed by atoms with E-state index in [9.17, 15) is 17.2 Å². The molecule has 0 spiro atoms. The summed E-state index contributed by atoms with van der Waals surface area (Å²) in [5, 5.41) is 7.03. The van der Waals surface area contributed by atoms with E-state index in [1.165, 1.54) is 6.92 Å². The van der Waals surface area contributed by atoms with Gasteiger partial charge in [0, 0.05) is 18.5 Å². The molecule has 18 heavy (non-hydrogen) atoms. The first-order chi connectivity index (χ1) is 8.22. The molecule has 0 saturated carbocycles. The Balaban J connectivity index is 2.96. The second kappa shape index (κ2) is 5.40. The van der Waals surface area contributed by atoms with Crippen LogP contribution in [0.3, 0.4) is 0 Å². The summed E-state index contributed by atoms with van der Waals surface area (Å²) in [7, 11) is -4.10. The monoisotopic (exact) mass is 277 g/mol. The maximum absolute atomic E-state index is 13.3. The third-order valence-electron chi connectivity index (χ3n) is 2.07. The molecule has 1 atom stereocenters. The van der Waals surface area contributed by atoms with E-state index in [2.05, 4.69) is 4.72 Å². The molecule has 0 aliphatic rings. The Morgan fingerprint density at radius 2 is 2.11 bits per heavy atom. The van der Waals surface area contributed by atoms with Crippen LogP contribution in [-0.4, -0.2) is 20.3 Å². The Hall–Kier alpha value is -1.54. The third kappa shape index (κ3) is 3.74. The largest absolute Gasteiger partial charge is 0.388 e. The van der Waals surface area contributed by atoms with E-state index in [0.29, 0.717) is 6.07 Å². The average molecular weight is 277 g/mol. The average Bonchev–Trinajstić information content (AvgIpc) is 2.13. The fourth-order valence-electron chi connectivity index (χ4n) is 1.39. The van der Waals surface area contributed by atoms with E-state index in [-0.39, 0.29) is 12.3 Å². The zero-order valence-electron chi connectivity index (χ0n) is 9.57. The van der Waals surface area contributed by atoms with Gasteiger partial charge in [-0.15, -0.1) is 0 Å². The Morgan fingerprint density at radius 3 is 2.61 bits per heavy atom. The van der Waals surface area contributed by atoms with Crippen molar-refractivity contribution in [1.82, 2.24) is 4.72 Å². The zero-order valence-corrected chi connectivity index (χ0v) is 10.4. The number of rotatable bonds is 5. The minimum absolute atomic E-state index is 0.00203. The van der Waals surface area contributed by atoms with E-state index < -0.39 is 32.6 Å². The number of sulfonamides is 1. The summed E-state index contributed by atoms with van der Waals surface area (Å²) in [5.74, 6) is -2.22. The normalized spacial score (nSPS) is 13.3. The Labute approximate surface area is 104 Å². The van der Waals surface area contributed by atoms with Gasteiger partial charge in [-0.3, -0.25) is 5.41 Å². The lowest BCUT2D eigenvalue weighted by atomic mass is 10.2. The lowest BCUT2D eigenvalue weighted by Crippen LogP contribution is -2.35. The smallest absolute Gasteiger partial charge is 0.243 e. The lowest BCUT2D eigenvalue weighted by molar-refractivity contribution is 0.535. The van der Waals surface area contributed by atoms with Crippen LogP contribution in [-0.2, 0) is 10.0 Å². The number of hydrogen-bond donors (Lipinski definition) is 3. The van der Waals surface area contributed by atoms with Crippen LogP contribution in [0.5, 0.6) is 0 Å². The molecule has 0 aliphatic heterocycles. The molecule has 1 unspecified atom stereocenters. The van der Waals surface area contributed by atoms with Crippen molar-refractivity contribution in [1.29, 1.82) is 5.41 Å². The van der Waals surface area contributed by atoms with Crippen LogP contribution in [0.2, 0.25) is 0 Å². The molecule has 0 radical (unpaired) electrons. The minimum atomic E-state index is -4.10. The molecular formula is C10H13F2N3O2S. The molecule has 4 N–H and O–H groups in total. The molecule has 1 aromatic carbocycles. The van der Waals surface area contributed by atoms with Crippen LogP contribution in [0.25, 0.3) is 0 Å². The number of benzene rings is 1. The summed E-state index contributed by atoms with van der Waals surface area (Å²) in [6, 6.07) is 1.53. The van der Waals surface area contributed by atoms with Gasteiger partial charge in [0.25, 0.3) is 0 Å². The molecule has 1 aromatic rings. The molecule has 1 rings (SSSR count). The SMILES string of the molecule is CC(CC(=N)N)NS(=O)(=O)c1ccc(F)cc1F. The predicted octanol–water partition coefficient (Wildman–Crippen LogP) is 0.958. The Bertz CT molecular complexity index is 560. The van der Waals surface area contributed by atoms with Crippen molar-refractivity contribution in [3.8, 4) is 0 Å². The van der Waals surface area contributed by atoms with Gasteiger partial charge in [-0.05, 0) is 19.1 Å². The molecule has 0 aliphatic carbocycles. The highest BCUT2D eigenvalue weighted by Gasteiger charge is 2.21. The van der Waals surface area contributed by atoms with Crippen molar-refractivity contribution in [2.45, 2.75) is 24.3 Å². The lowest BCUT2D eigenvalue weighted by Gasteiger charge is -2.13. The van der Waals surface area contributed by atoms with Gasteiger partial charge in [-0.1, -0.05) is 0 Å². The van der Waals surface area contributed by atoms with Gasteiger partial charge in [0.05, 0.1) is 5.84 Å². The molecule has 5 nitrogen and oxygen atoms in total. The van der Waals surface area contributed by atoms with Crippen LogP contribution < -0.4 is 10.5 Å². The highest BCUT2D eigenvalue weighted by molar-refractivity contribution is 7.89. The summed E-state index contributed by atoms with van der Waals surface area (Å²) in [4.78, 5) is -0.640. The molecular weight excluding hydrogens is 264 g/mol. The predicted molar refractivity (Wildman–Crippen MR) is 62.7 cm³/mol. The summed E-state index contributed by atoms with van der Waals surface area (Å²) in [6.45, 7) is 1.49. The first-order valence-corrected chi connectivity index (χ1v) is 6.51. The first kappa shape index (κ1) is 14.5. The van der Waals surface area contributed by atoms with Gasteiger partial charge < -0.3 is 5.73 Å². The molecule has 0 aromatic heterocycles. The van der Waals surface area contributed by atoms with Crippen molar-refractivity contribution in [3.63, 3.8) is 0 Å². The summed E-state index contributed by atoms with van der Waals surface area (Å²) in [6.07, 6.45) is 0.00203. The van der Waals surface area contributed by atoms with Crippen LogP contribution in [0.4, 0.5) is 8.78 Å². The van der Waals surface area contributed by atoms with Gasteiger partial charge in [-0.2, -0.15) is 0 Å². The highest BCUT2D eigenvalue weighted by atomic mass is 32.2. The molecule has 0 heterocycles. The first-order valence-electron chi connectivity index (χ1n) is 5.02. The van der Waals surface area contributed by atoms with E-state index >= 15 is 0 Å². The van der Waals surface area contributed by atoms with E-state index in [0.717, 1.165) is 12.1 Å². The van der Waals surface area contributed by atoms with E-state index in [1.807, 2.05) is 0 Å². The quantitative estimate of drug-likeness (QED) is 0.552. The maximum Gasteiger partial charge on any atom is 0.243 e.